The number of rotatable bonds is 3. The zero-order valence-corrected chi connectivity index (χ0v) is 9.15. The third kappa shape index (κ3) is 1.82. The lowest BCUT2D eigenvalue weighted by Gasteiger charge is -2.35. The van der Waals surface area contributed by atoms with Crippen molar-refractivity contribution < 1.29 is 4.42 Å². The zero-order valence-electron chi connectivity index (χ0n) is 9.15. The van der Waals surface area contributed by atoms with Gasteiger partial charge in [0.2, 0.25) is 0 Å². The topological polar surface area (TPSA) is 42.4 Å². The molecule has 3 rings (SSSR count). The van der Waals surface area contributed by atoms with E-state index in [1.807, 2.05) is 0 Å². The van der Waals surface area contributed by atoms with Gasteiger partial charge in [-0.1, -0.05) is 6.92 Å². The number of nitrogens with two attached hydrogens (primary N) is 1. The van der Waals surface area contributed by atoms with E-state index in [1.165, 1.54) is 12.2 Å². The van der Waals surface area contributed by atoms with Gasteiger partial charge in [-0.15, -0.1) is 0 Å². The van der Waals surface area contributed by atoms with Crippen LogP contribution >= 0.6 is 0 Å². The normalized spacial score (nSPS) is 31.6. The van der Waals surface area contributed by atoms with Gasteiger partial charge in [0, 0.05) is 25.0 Å². The van der Waals surface area contributed by atoms with Gasteiger partial charge in [-0.3, -0.25) is 4.90 Å². The minimum Gasteiger partial charge on any atom is -0.464 e. The van der Waals surface area contributed by atoms with Gasteiger partial charge in [0.05, 0.1) is 6.54 Å². The molecule has 1 aliphatic heterocycles. The van der Waals surface area contributed by atoms with Gasteiger partial charge in [-0.25, -0.2) is 0 Å². The van der Waals surface area contributed by atoms with E-state index >= 15 is 0 Å². The number of nitrogens with zero attached hydrogens (tertiary/aromatic N) is 1. The highest BCUT2D eigenvalue weighted by Gasteiger charge is 2.36. The first kappa shape index (κ1) is 9.43. The summed E-state index contributed by atoms with van der Waals surface area (Å²) in [5, 5.41) is 0. The predicted molar refractivity (Wildman–Crippen MR) is 58.5 cm³/mol. The first-order chi connectivity index (χ1) is 7.22. The highest BCUT2D eigenvalue weighted by molar-refractivity contribution is 5.17. The number of likely N-dealkylation sites (tertiary alicyclic amines) is 1. The molecule has 2 heterocycles. The monoisotopic (exact) mass is 206 g/mol. The van der Waals surface area contributed by atoms with E-state index in [4.69, 9.17) is 10.2 Å². The van der Waals surface area contributed by atoms with Crippen LogP contribution in [0.3, 0.4) is 0 Å². The fourth-order valence-electron chi connectivity index (χ4n) is 2.36. The van der Waals surface area contributed by atoms with Crippen LogP contribution in [0.15, 0.2) is 16.5 Å². The molecule has 0 spiro atoms. The molecular weight excluding hydrogens is 188 g/mol. The van der Waals surface area contributed by atoms with Crippen LogP contribution in [0.4, 0.5) is 0 Å². The molecule has 0 bridgehead atoms. The Labute approximate surface area is 90.2 Å². The molecule has 1 aliphatic carbocycles. The van der Waals surface area contributed by atoms with E-state index < -0.39 is 0 Å². The molecule has 2 atom stereocenters. The van der Waals surface area contributed by atoms with Crippen molar-refractivity contribution in [1.82, 2.24) is 4.90 Å². The molecule has 2 N–H and O–H groups in total. The maximum atomic E-state index is 5.84. The lowest BCUT2D eigenvalue weighted by molar-refractivity contribution is 0.131. The molecule has 1 saturated heterocycles. The Balaban J connectivity index is 1.59. The fourth-order valence-corrected chi connectivity index (χ4v) is 2.36. The van der Waals surface area contributed by atoms with E-state index in [2.05, 4.69) is 24.0 Å². The van der Waals surface area contributed by atoms with Crippen LogP contribution in [-0.4, -0.2) is 24.0 Å². The Morgan fingerprint density at radius 3 is 2.80 bits per heavy atom. The van der Waals surface area contributed by atoms with Crippen molar-refractivity contribution in [3.05, 3.63) is 23.7 Å². The third-order valence-electron chi connectivity index (χ3n) is 3.52. The van der Waals surface area contributed by atoms with Gasteiger partial charge in [-0.05, 0) is 24.5 Å². The maximum absolute atomic E-state index is 5.84. The molecule has 1 saturated carbocycles. The highest BCUT2D eigenvalue weighted by Crippen LogP contribution is 2.47. The summed E-state index contributed by atoms with van der Waals surface area (Å²) in [6, 6.07) is 4.64. The van der Waals surface area contributed by atoms with E-state index in [0.29, 0.717) is 12.0 Å². The SMILES string of the molecule is CC1CC1c1ccc(CN2CC(N)C2)o1. The summed E-state index contributed by atoms with van der Waals surface area (Å²) in [5.41, 5.74) is 5.73. The lowest BCUT2D eigenvalue weighted by Crippen LogP contribution is -2.54. The van der Waals surface area contributed by atoms with Crippen molar-refractivity contribution in [3.63, 3.8) is 0 Å². The molecule has 3 nitrogen and oxygen atoms in total. The Morgan fingerprint density at radius 1 is 1.47 bits per heavy atom. The Kier molecular flexibility index (Phi) is 2.11. The summed E-state index contributed by atoms with van der Waals surface area (Å²) in [7, 11) is 0. The second kappa shape index (κ2) is 3.35. The lowest BCUT2D eigenvalue weighted by atomic mass is 10.1. The second-order valence-electron chi connectivity index (χ2n) is 5.08. The minimum atomic E-state index is 0.378. The van der Waals surface area contributed by atoms with Crippen LogP contribution in [0.1, 0.15) is 30.8 Å². The average Bonchev–Trinajstić information content (AvgIpc) is 2.72. The van der Waals surface area contributed by atoms with Crippen molar-refractivity contribution in [3.8, 4) is 0 Å². The predicted octanol–water partition coefficient (Wildman–Crippen LogP) is 1.55. The van der Waals surface area contributed by atoms with Crippen LogP contribution < -0.4 is 5.73 Å². The zero-order chi connectivity index (χ0) is 10.4. The largest absolute Gasteiger partial charge is 0.464 e. The molecule has 0 aromatic carbocycles. The molecule has 1 aromatic heterocycles. The van der Waals surface area contributed by atoms with E-state index in [-0.39, 0.29) is 0 Å². The van der Waals surface area contributed by atoms with Crippen LogP contribution in [0.25, 0.3) is 0 Å². The Morgan fingerprint density at radius 2 is 2.20 bits per heavy atom. The third-order valence-corrected chi connectivity index (χ3v) is 3.52. The molecule has 2 unspecified atom stereocenters. The highest BCUT2D eigenvalue weighted by atomic mass is 16.3. The molecular formula is C12H18N2O. The van der Waals surface area contributed by atoms with Gasteiger partial charge < -0.3 is 10.2 Å². The van der Waals surface area contributed by atoms with Gasteiger partial charge in [-0.2, -0.15) is 0 Å². The summed E-state index contributed by atoms with van der Waals surface area (Å²) in [5.74, 6) is 3.79. The maximum Gasteiger partial charge on any atom is 0.118 e. The average molecular weight is 206 g/mol. The van der Waals surface area contributed by atoms with E-state index in [0.717, 1.165) is 31.3 Å². The van der Waals surface area contributed by atoms with Crippen molar-refractivity contribution in [1.29, 1.82) is 0 Å². The molecule has 3 heteroatoms. The van der Waals surface area contributed by atoms with Crippen molar-refractivity contribution >= 4 is 0 Å². The standard InChI is InChI=1S/C12H18N2O/c1-8-4-11(8)12-3-2-10(15-12)7-14-5-9(13)6-14/h2-3,8-9,11H,4-7,13H2,1H3. The first-order valence-electron chi connectivity index (χ1n) is 5.79. The number of hydrogen-bond acceptors (Lipinski definition) is 3. The summed E-state index contributed by atoms with van der Waals surface area (Å²) >= 11 is 0. The van der Waals surface area contributed by atoms with Gasteiger partial charge in [0.1, 0.15) is 11.5 Å². The molecule has 82 valence electrons. The van der Waals surface area contributed by atoms with Gasteiger partial charge >= 0.3 is 0 Å². The van der Waals surface area contributed by atoms with E-state index in [9.17, 15) is 0 Å². The quantitative estimate of drug-likeness (QED) is 0.815. The molecule has 2 aliphatic rings. The Bertz CT molecular complexity index is 354. The van der Waals surface area contributed by atoms with Crippen molar-refractivity contribution in [2.45, 2.75) is 31.8 Å². The smallest absolute Gasteiger partial charge is 0.118 e. The number of hydrogen-bond donors (Lipinski definition) is 1. The van der Waals surface area contributed by atoms with Crippen LogP contribution in [0.2, 0.25) is 0 Å². The fraction of sp³-hybridized carbons (Fsp3) is 0.667. The van der Waals surface area contributed by atoms with Gasteiger partial charge in [0.15, 0.2) is 0 Å². The first-order valence-corrected chi connectivity index (χ1v) is 5.79. The molecule has 15 heavy (non-hydrogen) atoms. The summed E-state index contributed by atoms with van der Waals surface area (Å²) < 4.78 is 5.84. The molecule has 2 fully saturated rings. The van der Waals surface area contributed by atoms with Crippen LogP contribution in [0, 0.1) is 5.92 Å². The van der Waals surface area contributed by atoms with Crippen LogP contribution in [0.5, 0.6) is 0 Å². The summed E-state index contributed by atoms with van der Waals surface area (Å²) in [6.45, 7) is 5.22. The van der Waals surface area contributed by atoms with Crippen molar-refractivity contribution in [2.75, 3.05) is 13.1 Å². The summed E-state index contributed by atoms with van der Waals surface area (Å²) in [4.78, 5) is 2.32. The van der Waals surface area contributed by atoms with Gasteiger partial charge in [0.25, 0.3) is 0 Å². The molecule has 0 radical (unpaired) electrons. The minimum absolute atomic E-state index is 0.378. The number of furan rings is 1. The molecule has 1 aromatic rings. The second-order valence-corrected chi connectivity index (χ2v) is 5.08. The van der Waals surface area contributed by atoms with Crippen LogP contribution in [-0.2, 0) is 6.54 Å². The Hall–Kier alpha value is -0.800. The van der Waals surface area contributed by atoms with E-state index in [1.54, 1.807) is 0 Å². The summed E-state index contributed by atoms with van der Waals surface area (Å²) in [6.07, 6.45) is 1.29. The van der Waals surface area contributed by atoms with Crippen molar-refractivity contribution in [2.24, 2.45) is 11.7 Å². The molecule has 0 amide bonds.